The van der Waals surface area contributed by atoms with E-state index in [1.807, 2.05) is 60.8 Å². The summed E-state index contributed by atoms with van der Waals surface area (Å²) in [4.78, 5) is 12.5. The molecule has 0 saturated carbocycles. The van der Waals surface area contributed by atoms with Gasteiger partial charge in [0.05, 0.1) is 0 Å². The van der Waals surface area contributed by atoms with Crippen LogP contribution in [0.1, 0.15) is 21.5 Å². The maximum Gasteiger partial charge on any atom is 0.194 e. The Hall–Kier alpha value is -1.93. The van der Waals surface area contributed by atoms with Gasteiger partial charge in [-0.3, -0.25) is 4.79 Å². The van der Waals surface area contributed by atoms with E-state index in [1.165, 1.54) is 5.56 Å². The van der Waals surface area contributed by atoms with Gasteiger partial charge in [-0.1, -0.05) is 42.0 Å². The molecule has 0 fully saturated rings. The number of ketones is 1. The number of thiophene rings is 1. The summed E-state index contributed by atoms with van der Waals surface area (Å²) < 4.78 is 1.07. The molecule has 0 unspecified atom stereocenters. The Morgan fingerprint density at radius 2 is 1.78 bits per heavy atom. The quantitative estimate of drug-likeness (QED) is 0.616. The fourth-order valence-corrected chi connectivity index (χ4v) is 2.94. The van der Waals surface area contributed by atoms with Gasteiger partial charge < -0.3 is 0 Å². The van der Waals surface area contributed by atoms with Crippen LogP contribution >= 0.6 is 11.3 Å². The second-order valence-corrected chi connectivity index (χ2v) is 5.26. The number of fused-ring (bicyclic) bond motifs is 1. The highest BCUT2D eigenvalue weighted by Crippen LogP contribution is 2.26. The van der Waals surface area contributed by atoms with Crippen molar-refractivity contribution in [2.75, 3.05) is 0 Å². The van der Waals surface area contributed by atoms with Crippen LogP contribution < -0.4 is 0 Å². The van der Waals surface area contributed by atoms with Gasteiger partial charge in [-0.15, -0.1) is 11.3 Å². The van der Waals surface area contributed by atoms with Crippen molar-refractivity contribution in [1.29, 1.82) is 0 Å². The first-order chi connectivity index (χ1) is 8.75. The molecule has 18 heavy (non-hydrogen) atoms. The van der Waals surface area contributed by atoms with Gasteiger partial charge in [-0.25, -0.2) is 0 Å². The zero-order valence-corrected chi connectivity index (χ0v) is 10.8. The molecule has 0 N–H and O–H groups in total. The summed E-state index contributed by atoms with van der Waals surface area (Å²) >= 11 is 1.62. The molecule has 0 spiro atoms. The SMILES string of the molecule is Cc1ccc(C(=O)c2cccc3ccsc23)cc1. The summed E-state index contributed by atoms with van der Waals surface area (Å²) in [5.41, 5.74) is 2.72. The number of hydrogen-bond donors (Lipinski definition) is 0. The molecule has 1 aromatic heterocycles. The van der Waals surface area contributed by atoms with Gasteiger partial charge in [-0.2, -0.15) is 0 Å². The van der Waals surface area contributed by atoms with Crippen LogP contribution in [0.3, 0.4) is 0 Å². The van der Waals surface area contributed by atoms with E-state index in [0.717, 1.165) is 21.2 Å². The molecular weight excluding hydrogens is 240 g/mol. The zero-order chi connectivity index (χ0) is 12.5. The average Bonchev–Trinajstić information content (AvgIpc) is 2.87. The van der Waals surface area contributed by atoms with Crippen LogP contribution in [0.2, 0.25) is 0 Å². The van der Waals surface area contributed by atoms with Gasteiger partial charge in [0, 0.05) is 15.8 Å². The molecule has 0 aliphatic heterocycles. The van der Waals surface area contributed by atoms with Gasteiger partial charge in [-0.05, 0) is 29.8 Å². The fourth-order valence-electron chi connectivity index (χ4n) is 2.03. The largest absolute Gasteiger partial charge is 0.289 e. The number of aryl methyl sites for hydroxylation is 1. The Morgan fingerprint density at radius 1 is 1.00 bits per heavy atom. The van der Waals surface area contributed by atoms with Crippen LogP contribution in [0.15, 0.2) is 53.9 Å². The first kappa shape index (κ1) is 11.2. The number of rotatable bonds is 2. The molecule has 2 heteroatoms. The lowest BCUT2D eigenvalue weighted by Gasteiger charge is -2.03. The van der Waals surface area contributed by atoms with E-state index in [-0.39, 0.29) is 5.78 Å². The highest BCUT2D eigenvalue weighted by Gasteiger charge is 2.12. The van der Waals surface area contributed by atoms with Gasteiger partial charge in [0.1, 0.15) is 0 Å². The molecule has 3 aromatic rings. The molecule has 3 rings (SSSR count). The molecule has 0 aliphatic carbocycles. The predicted molar refractivity (Wildman–Crippen MR) is 76.4 cm³/mol. The molecule has 0 saturated heterocycles. The predicted octanol–water partition coefficient (Wildman–Crippen LogP) is 4.44. The fraction of sp³-hybridized carbons (Fsp3) is 0.0625. The first-order valence-corrected chi connectivity index (χ1v) is 6.71. The molecule has 0 aliphatic rings. The van der Waals surface area contributed by atoms with Crippen LogP contribution in [0.25, 0.3) is 10.1 Å². The molecular formula is C16H12OS. The van der Waals surface area contributed by atoms with Crippen molar-refractivity contribution in [1.82, 2.24) is 0 Å². The number of hydrogen-bond acceptors (Lipinski definition) is 2. The molecule has 0 amide bonds. The summed E-state index contributed by atoms with van der Waals surface area (Å²) in [5, 5.41) is 3.16. The lowest BCUT2D eigenvalue weighted by molar-refractivity contribution is 0.104. The molecule has 1 nitrogen and oxygen atoms in total. The zero-order valence-electron chi connectivity index (χ0n) is 10.0. The van der Waals surface area contributed by atoms with Crippen molar-refractivity contribution in [3.63, 3.8) is 0 Å². The minimum absolute atomic E-state index is 0.100. The minimum atomic E-state index is 0.100. The molecule has 0 bridgehead atoms. The Labute approximate surface area is 110 Å². The molecule has 1 heterocycles. The van der Waals surface area contributed by atoms with Crippen molar-refractivity contribution in [3.05, 3.63) is 70.6 Å². The lowest BCUT2D eigenvalue weighted by Crippen LogP contribution is -2.01. The number of carbonyl (C=O) groups is 1. The summed E-state index contributed by atoms with van der Waals surface area (Å²) in [7, 11) is 0. The van der Waals surface area contributed by atoms with Crippen molar-refractivity contribution < 1.29 is 4.79 Å². The van der Waals surface area contributed by atoms with Crippen LogP contribution in [-0.2, 0) is 0 Å². The number of carbonyl (C=O) groups excluding carboxylic acids is 1. The lowest BCUT2D eigenvalue weighted by atomic mass is 10.0. The second kappa shape index (κ2) is 4.39. The molecule has 2 aromatic carbocycles. The van der Waals surface area contributed by atoms with E-state index in [1.54, 1.807) is 11.3 Å². The third-order valence-corrected chi connectivity index (χ3v) is 4.00. The number of benzene rings is 2. The second-order valence-electron chi connectivity index (χ2n) is 4.34. The van der Waals surface area contributed by atoms with Gasteiger partial charge in [0.15, 0.2) is 5.78 Å². The van der Waals surface area contributed by atoms with Crippen molar-refractivity contribution >= 4 is 27.2 Å². The monoisotopic (exact) mass is 252 g/mol. The van der Waals surface area contributed by atoms with E-state index >= 15 is 0 Å². The summed E-state index contributed by atoms with van der Waals surface area (Å²) in [6.07, 6.45) is 0. The highest BCUT2D eigenvalue weighted by molar-refractivity contribution is 7.17. The average molecular weight is 252 g/mol. The summed E-state index contributed by atoms with van der Waals surface area (Å²) in [5.74, 6) is 0.100. The topological polar surface area (TPSA) is 17.1 Å². The van der Waals surface area contributed by atoms with E-state index in [2.05, 4.69) is 0 Å². The third-order valence-electron chi connectivity index (χ3n) is 3.04. The van der Waals surface area contributed by atoms with Gasteiger partial charge in [0.25, 0.3) is 0 Å². The normalized spacial score (nSPS) is 10.7. The van der Waals surface area contributed by atoms with E-state index in [9.17, 15) is 4.79 Å². The van der Waals surface area contributed by atoms with E-state index in [4.69, 9.17) is 0 Å². The summed E-state index contributed by atoms with van der Waals surface area (Å²) in [6.45, 7) is 2.02. The van der Waals surface area contributed by atoms with Crippen LogP contribution in [0.4, 0.5) is 0 Å². The Bertz CT molecular complexity index is 707. The van der Waals surface area contributed by atoms with Crippen LogP contribution in [0.5, 0.6) is 0 Å². The van der Waals surface area contributed by atoms with E-state index < -0.39 is 0 Å². The molecule has 0 radical (unpaired) electrons. The first-order valence-electron chi connectivity index (χ1n) is 5.83. The van der Waals surface area contributed by atoms with Crippen LogP contribution in [0, 0.1) is 6.92 Å². The van der Waals surface area contributed by atoms with Gasteiger partial charge in [0.2, 0.25) is 0 Å². The van der Waals surface area contributed by atoms with Crippen molar-refractivity contribution in [3.8, 4) is 0 Å². The van der Waals surface area contributed by atoms with Crippen molar-refractivity contribution in [2.45, 2.75) is 6.92 Å². The third kappa shape index (κ3) is 1.85. The smallest absolute Gasteiger partial charge is 0.194 e. The molecule has 88 valence electrons. The standard InChI is InChI=1S/C16H12OS/c1-11-5-7-12(8-6-11)15(17)14-4-2-3-13-9-10-18-16(13)14/h2-10H,1H3. The Balaban J connectivity index is 2.12. The van der Waals surface area contributed by atoms with E-state index in [0.29, 0.717) is 0 Å². The van der Waals surface area contributed by atoms with Crippen LogP contribution in [-0.4, -0.2) is 5.78 Å². The highest BCUT2D eigenvalue weighted by atomic mass is 32.1. The Morgan fingerprint density at radius 3 is 2.56 bits per heavy atom. The molecule has 0 atom stereocenters. The van der Waals surface area contributed by atoms with Gasteiger partial charge >= 0.3 is 0 Å². The maximum atomic E-state index is 12.5. The summed E-state index contributed by atoms with van der Waals surface area (Å²) in [6, 6.07) is 15.7. The Kier molecular flexibility index (Phi) is 2.73. The minimum Gasteiger partial charge on any atom is -0.289 e. The van der Waals surface area contributed by atoms with Crippen molar-refractivity contribution in [2.24, 2.45) is 0 Å². The maximum absolute atomic E-state index is 12.5.